The van der Waals surface area contributed by atoms with Crippen molar-refractivity contribution in [3.8, 4) is 0 Å². The zero-order valence-corrected chi connectivity index (χ0v) is 20.6. The summed E-state index contributed by atoms with van der Waals surface area (Å²) in [6, 6.07) is 13.7. The highest BCUT2D eigenvalue weighted by Crippen LogP contribution is 2.36. The molecule has 0 bridgehead atoms. The van der Waals surface area contributed by atoms with Crippen molar-refractivity contribution >= 4 is 24.5 Å². The Labute approximate surface area is 196 Å². The quantitative estimate of drug-likeness (QED) is 0.655. The lowest BCUT2D eigenvalue weighted by Gasteiger charge is -2.32. The van der Waals surface area contributed by atoms with Gasteiger partial charge < -0.3 is 19.7 Å². The first kappa shape index (κ1) is 25.0. The van der Waals surface area contributed by atoms with E-state index in [2.05, 4.69) is 26.1 Å². The van der Waals surface area contributed by atoms with Crippen molar-refractivity contribution in [1.82, 2.24) is 5.32 Å². The number of hydrogen-bond donors (Lipinski definition) is 2. The Bertz CT molecular complexity index is 990. The van der Waals surface area contributed by atoms with E-state index in [0.29, 0.717) is 5.56 Å². The first-order chi connectivity index (χ1) is 15.2. The van der Waals surface area contributed by atoms with Crippen molar-refractivity contribution in [2.45, 2.75) is 77.5 Å². The molecule has 1 amide bonds. The highest BCUT2D eigenvalue weighted by atomic mass is 16.7. The van der Waals surface area contributed by atoms with Crippen LogP contribution in [0.1, 0.15) is 70.0 Å². The number of carbonyl (C=O) groups excluding carboxylic acids is 1. The number of rotatable bonds is 6. The van der Waals surface area contributed by atoms with Gasteiger partial charge in [0.1, 0.15) is 6.04 Å². The number of benzene rings is 2. The second kappa shape index (κ2) is 8.95. The summed E-state index contributed by atoms with van der Waals surface area (Å²) in [7, 11) is -0.477. The van der Waals surface area contributed by atoms with Gasteiger partial charge in [-0.3, -0.25) is 4.79 Å². The Morgan fingerprint density at radius 1 is 0.939 bits per heavy atom. The Balaban J connectivity index is 1.67. The number of aliphatic carboxylic acids is 1. The SMILES string of the molecule is CC(C)(C)c1ccc(C(=O)N[C@@H](Cc2ccc(B3OC(C)(C)C(C)(C)O3)cc2)C(=O)O)cc1. The van der Waals surface area contributed by atoms with Gasteiger partial charge in [-0.15, -0.1) is 0 Å². The topological polar surface area (TPSA) is 84.9 Å². The highest BCUT2D eigenvalue weighted by molar-refractivity contribution is 6.62. The minimum atomic E-state index is -1.08. The van der Waals surface area contributed by atoms with E-state index >= 15 is 0 Å². The van der Waals surface area contributed by atoms with Gasteiger partial charge in [0, 0.05) is 12.0 Å². The molecule has 2 aromatic rings. The summed E-state index contributed by atoms with van der Waals surface area (Å²) in [5.74, 6) is -1.48. The Kier molecular flexibility index (Phi) is 6.78. The fraction of sp³-hybridized carbons (Fsp3) is 0.462. The summed E-state index contributed by atoms with van der Waals surface area (Å²) in [5, 5.41) is 12.3. The van der Waals surface area contributed by atoms with Crippen LogP contribution >= 0.6 is 0 Å². The van der Waals surface area contributed by atoms with Crippen molar-refractivity contribution in [2.24, 2.45) is 0 Å². The zero-order chi connectivity index (χ0) is 24.6. The monoisotopic (exact) mass is 451 g/mol. The summed E-state index contributed by atoms with van der Waals surface area (Å²) in [4.78, 5) is 24.5. The van der Waals surface area contributed by atoms with Crippen molar-refractivity contribution < 1.29 is 24.0 Å². The second-order valence-corrected chi connectivity index (χ2v) is 10.7. The summed E-state index contributed by atoms with van der Waals surface area (Å²) in [6.45, 7) is 14.3. The molecule has 0 unspecified atom stereocenters. The van der Waals surface area contributed by atoms with Crippen LogP contribution in [-0.2, 0) is 25.9 Å². The average Bonchev–Trinajstić information content (AvgIpc) is 2.94. The van der Waals surface area contributed by atoms with Gasteiger partial charge in [0.2, 0.25) is 0 Å². The first-order valence-electron chi connectivity index (χ1n) is 11.3. The number of carboxylic acid groups (broad SMARTS) is 1. The number of amides is 1. The number of carbonyl (C=O) groups is 2. The molecule has 0 saturated carbocycles. The third-order valence-corrected chi connectivity index (χ3v) is 6.56. The minimum Gasteiger partial charge on any atom is -0.480 e. The summed E-state index contributed by atoms with van der Waals surface area (Å²) >= 11 is 0. The molecule has 0 aliphatic carbocycles. The Morgan fingerprint density at radius 3 is 1.91 bits per heavy atom. The third-order valence-electron chi connectivity index (χ3n) is 6.56. The van der Waals surface area contributed by atoms with Crippen molar-refractivity contribution in [2.75, 3.05) is 0 Å². The van der Waals surface area contributed by atoms with Crippen LogP contribution in [-0.4, -0.2) is 41.3 Å². The van der Waals surface area contributed by atoms with E-state index in [9.17, 15) is 14.7 Å². The van der Waals surface area contributed by atoms with Crippen LogP contribution < -0.4 is 10.8 Å². The van der Waals surface area contributed by atoms with Crippen LogP contribution in [0.15, 0.2) is 48.5 Å². The van der Waals surface area contributed by atoms with Crippen molar-refractivity contribution in [3.05, 3.63) is 65.2 Å². The normalized spacial score (nSPS) is 18.1. The van der Waals surface area contributed by atoms with E-state index in [1.165, 1.54) is 0 Å². The molecule has 1 fully saturated rings. The van der Waals surface area contributed by atoms with Gasteiger partial charge in [0.25, 0.3) is 5.91 Å². The lowest BCUT2D eigenvalue weighted by Crippen LogP contribution is -2.42. The maximum absolute atomic E-state index is 12.7. The molecule has 3 rings (SSSR count). The van der Waals surface area contributed by atoms with Gasteiger partial charge in [0.05, 0.1) is 11.2 Å². The predicted molar refractivity (Wildman–Crippen MR) is 130 cm³/mol. The van der Waals surface area contributed by atoms with Gasteiger partial charge in [-0.1, -0.05) is 57.2 Å². The fourth-order valence-corrected chi connectivity index (χ4v) is 3.59. The van der Waals surface area contributed by atoms with Crippen LogP contribution in [0.4, 0.5) is 0 Å². The molecule has 2 aromatic carbocycles. The molecule has 0 radical (unpaired) electrons. The van der Waals surface area contributed by atoms with E-state index < -0.39 is 36.2 Å². The lowest BCUT2D eigenvalue weighted by atomic mass is 9.78. The van der Waals surface area contributed by atoms with E-state index in [1.54, 1.807) is 12.1 Å². The van der Waals surface area contributed by atoms with Gasteiger partial charge in [0.15, 0.2) is 0 Å². The summed E-state index contributed by atoms with van der Waals surface area (Å²) in [6.07, 6.45) is 0.171. The summed E-state index contributed by atoms with van der Waals surface area (Å²) in [5.41, 5.74) is 2.32. The standard InChI is InChI=1S/C26H34BNO5/c1-24(2,3)19-12-10-18(11-13-19)22(29)28-21(23(30)31)16-17-8-14-20(15-9-17)27-32-25(4,5)26(6,7)33-27/h8-15,21H,16H2,1-7H3,(H,28,29)(H,30,31)/t21-/m0/s1. The molecule has 1 atom stereocenters. The van der Waals surface area contributed by atoms with Gasteiger partial charge in [-0.2, -0.15) is 0 Å². The molecule has 1 heterocycles. The molecule has 176 valence electrons. The Hall–Kier alpha value is -2.64. The van der Waals surface area contributed by atoms with E-state index in [0.717, 1.165) is 16.6 Å². The highest BCUT2D eigenvalue weighted by Gasteiger charge is 2.51. The molecule has 0 spiro atoms. The lowest BCUT2D eigenvalue weighted by molar-refractivity contribution is -0.139. The minimum absolute atomic E-state index is 0.0230. The number of carboxylic acids is 1. The van der Waals surface area contributed by atoms with E-state index in [1.807, 2.05) is 64.1 Å². The van der Waals surface area contributed by atoms with Crippen LogP contribution in [0.5, 0.6) is 0 Å². The Morgan fingerprint density at radius 2 is 1.45 bits per heavy atom. The molecule has 7 heteroatoms. The van der Waals surface area contributed by atoms with Crippen LogP contribution in [0.2, 0.25) is 0 Å². The van der Waals surface area contributed by atoms with E-state index in [4.69, 9.17) is 9.31 Å². The molecule has 0 aromatic heterocycles. The smallest absolute Gasteiger partial charge is 0.480 e. The second-order valence-electron chi connectivity index (χ2n) is 10.7. The maximum atomic E-state index is 12.7. The average molecular weight is 451 g/mol. The van der Waals surface area contributed by atoms with Crippen molar-refractivity contribution in [3.63, 3.8) is 0 Å². The van der Waals surface area contributed by atoms with Crippen LogP contribution in [0.3, 0.4) is 0 Å². The van der Waals surface area contributed by atoms with Crippen LogP contribution in [0, 0.1) is 0 Å². The molecular weight excluding hydrogens is 417 g/mol. The number of nitrogens with one attached hydrogen (secondary N) is 1. The molecule has 1 aliphatic rings. The van der Waals surface area contributed by atoms with Crippen LogP contribution in [0.25, 0.3) is 0 Å². The number of hydrogen-bond acceptors (Lipinski definition) is 4. The fourth-order valence-electron chi connectivity index (χ4n) is 3.59. The molecule has 1 aliphatic heterocycles. The molecular formula is C26H34BNO5. The predicted octanol–water partition coefficient (Wildman–Crippen LogP) is 3.71. The first-order valence-corrected chi connectivity index (χ1v) is 11.3. The largest absolute Gasteiger partial charge is 0.494 e. The maximum Gasteiger partial charge on any atom is 0.494 e. The van der Waals surface area contributed by atoms with Crippen molar-refractivity contribution in [1.29, 1.82) is 0 Å². The molecule has 1 saturated heterocycles. The third kappa shape index (κ3) is 5.65. The van der Waals surface area contributed by atoms with Gasteiger partial charge in [-0.05, 0) is 61.8 Å². The molecule has 33 heavy (non-hydrogen) atoms. The van der Waals surface area contributed by atoms with E-state index in [-0.39, 0.29) is 11.8 Å². The zero-order valence-electron chi connectivity index (χ0n) is 20.6. The molecule has 6 nitrogen and oxygen atoms in total. The van der Waals surface area contributed by atoms with Gasteiger partial charge >= 0.3 is 13.1 Å². The van der Waals surface area contributed by atoms with Gasteiger partial charge in [-0.25, -0.2) is 4.79 Å². The molecule has 2 N–H and O–H groups in total. The summed E-state index contributed by atoms with van der Waals surface area (Å²) < 4.78 is 12.1.